The predicted molar refractivity (Wildman–Crippen MR) is 82.9 cm³/mol. The first-order valence-corrected chi connectivity index (χ1v) is 7.85. The molecule has 0 bridgehead atoms. The molecule has 1 aromatic rings. The van der Waals surface area contributed by atoms with Gasteiger partial charge >= 0.3 is 6.18 Å². The molecule has 0 aliphatic heterocycles. The van der Waals surface area contributed by atoms with Crippen molar-refractivity contribution < 1.29 is 13.2 Å². The lowest BCUT2D eigenvalue weighted by molar-refractivity contribution is -0.137. The second-order valence-electron chi connectivity index (χ2n) is 5.44. The van der Waals surface area contributed by atoms with Crippen molar-refractivity contribution in [1.29, 1.82) is 0 Å². The average Bonchev–Trinajstić information content (AvgIpc) is 2.40. The molecule has 0 fully saturated rings. The van der Waals surface area contributed by atoms with E-state index in [1.807, 2.05) is 6.92 Å². The largest absolute Gasteiger partial charge is 0.416 e. The van der Waals surface area contributed by atoms with Crippen molar-refractivity contribution in [3.05, 3.63) is 28.8 Å². The number of halogens is 4. The minimum atomic E-state index is -4.34. The molecule has 5 heteroatoms. The van der Waals surface area contributed by atoms with Crippen LogP contribution in [-0.4, -0.2) is 6.04 Å². The van der Waals surface area contributed by atoms with Gasteiger partial charge in [0.2, 0.25) is 0 Å². The molecule has 1 unspecified atom stereocenters. The Bertz CT molecular complexity index is 432. The highest BCUT2D eigenvalue weighted by Gasteiger charge is 2.31. The van der Waals surface area contributed by atoms with Gasteiger partial charge in [-0.1, -0.05) is 50.6 Å². The van der Waals surface area contributed by atoms with E-state index in [4.69, 9.17) is 11.6 Å². The van der Waals surface area contributed by atoms with Gasteiger partial charge in [-0.2, -0.15) is 13.2 Å². The van der Waals surface area contributed by atoms with Gasteiger partial charge in [-0.05, 0) is 31.5 Å². The van der Waals surface area contributed by atoms with Crippen LogP contribution >= 0.6 is 11.6 Å². The number of anilines is 1. The monoisotopic (exact) mass is 321 g/mol. The zero-order valence-corrected chi connectivity index (χ0v) is 13.3. The van der Waals surface area contributed by atoms with Crippen molar-refractivity contribution >= 4 is 17.3 Å². The molecule has 1 atom stereocenters. The quantitative estimate of drug-likeness (QED) is 0.537. The van der Waals surface area contributed by atoms with Crippen molar-refractivity contribution in [2.75, 3.05) is 5.32 Å². The molecular formula is C16H23ClF3N. The first-order valence-electron chi connectivity index (χ1n) is 7.48. The van der Waals surface area contributed by atoms with Crippen LogP contribution in [0, 0.1) is 0 Å². The highest BCUT2D eigenvalue weighted by molar-refractivity contribution is 6.33. The summed E-state index contributed by atoms with van der Waals surface area (Å²) in [7, 11) is 0. The molecule has 1 nitrogen and oxygen atoms in total. The Morgan fingerprint density at radius 3 is 2.43 bits per heavy atom. The molecule has 0 aromatic heterocycles. The Labute approximate surface area is 129 Å². The number of unbranched alkanes of at least 4 members (excludes halogenated alkanes) is 4. The molecule has 0 saturated heterocycles. The molecule has 0 aliphatic carbocycles. The Kier molecular flexibility index (Phi) is 7.36. The number of alkyl halides is 3. The molecule has 0 saturated carbocycles. The Balaban J connectivity index is 2.53. The molecule has 0 heterocycles. The summed E-state index contributed by atoms with van der Waals surface area (Å²) >= 11 is 5.96. The van der Waals surface area contributed by atoms with Gasteiger partial charge in [0.05, 0.1) is 16.3 Å². The van der Waals surface area contributed by atoms with Crippen LogP contribution in [-0.2, 0) is 6.18 Å². The van der Waals surface area contributed by atoms with Crippen molar-refractivity contribution in [2.45, 2.75) is 64.6 Å². The van der Waals surface area contributed by atoms with Crippen molar-refractivity contribution in [3.8, 4) is 0 Å². The number of hydrogen-bond donors (Lipinski definition) is 1. The summed E-state index contributed by atoms with van der Waals surface area (Å²) < 4.78 is 38.1. The van der Waals surface area contributed by atoms with Gasteiger partial charge < -0.3 is 5.32 Å². The highest BCUT2D eigenvalue weighted by Crippen LogP contribution is 2.34. The van der Waals surface area contributed by atoms with Crippen LogP contribution in [0.4, 0.5) is 18.9 Å². The van der Waals surface area contributed by atoms with Gasteiger partial charge in [-0.15, -0.1) is 0 Å². The van der Waals surface area contributed by atoms with E-state index in [1.165, 1.54) is 25.3 Å². The summed E-state index contributed by atoms with van der Waals surface area (Å²) in [5.41, 5.74) is -0.322. The fourth-order valence-corrected chi connectivity index (χ4v) is 2.38. The second-order valence-corrected chi connectivity index (χ2v) is 5.85. The van der Waals surface area contributed by atoms with Crippen LogP contribution in [0.5, 0.6) is 0 Å². The van der Waals surface area contributed by atoms with E-state index in [0.717, 1.165) is 31.4 Å². The zero-order chi connectivity index (χ0) is 15.9. The van der Waals surface area contributed by atoms with E-state index in [-0.39, 0.29) is 6.04 Å². The topological polar surface area (TPSA) is 12.0 Å². The number of nitrogens with one attached hydrogen (secondary N) is 1. The maximum atomic E-state index is 12.7. The standard InChI is InChI=1S/C16H23ClF3N/c1-3-4-5-6-7-8-12(2)21-15-11-13(16(18,19)20)9-10-14(15)17/h9-12,21H,3-8H2,1-2H3. The van der Waals surface area contributed by atoms with Crippen molar-refractivity contribution in [1.82, 2.24) is 0 Å². The summed E-state index contributed by atoms with van der Waals surface area (Å²) in [5, 5.41) is 3.40. The minimum Gasteiger partial charge on any atom is -0.381 e. The molecule has 0 spiro atoms. The maximum Gasteiger partial charge on any atom is 0.416 e. The lowest BCUT2D eigenvalue weighted by Crippen LogP contribution is -2.16. The first-order chi connectivity index (χ1) is 9.84. The molecule has 1 N–H and O–H groups in total. The van der Waals surface area contributed by atoms with Gasteiger partial charge in [0, 0.05) is 6.04 Å². The summed E-state index contributed by atoms with van der Waals surface area (Å²) in [6.07, 6.45) is 2.48. The summed E-state index contributed by atoms with van der Waals surface area (Å²) in [5.74, 6) is 0. The summed E-state index contributed by atoms with van der Waals surface area (Å²) in [4.78, 5) is 0. The Hall–Kier alpha value is -0.900. The Morgan fingerprint density at radius 2 is 1.81 bits per heavy atom. The van der Waals surface area contributed by atoms with E-state index in [1.54, 1.807) is 0 Å². The predicted octanol–water partition coefficient (Wildman–Crippen LogP) is 6.52. The lowest BCUT2D eigenvalue weighted by atomic mass is 10.1. The first kappa shape index (κ1) is 18.1. The molecule has 0 amide bonds. The van der Waals surface area contributed by atoms with Crippen LogP contribution in [0.2, 0.25) is 5.02 Å². The second kappa shape index (κ2) is 8.52. The molecular weight excluding hydrogens is 299 g/mol. The van der Waals surface area contributed by atoms with E-state index in [0.29, 0.717) is 10.7 Å². The summed E-state index contributed by atoms with van der Waals surface area (Å²) in [6, 6.07) is 3.48. The van der Waals surface area contributed by atoms with Gasteiger partial charge in [-0.3, -0.25) is 0 Å². The van der Waals surface area contributed by atoms with E-state index in [9.17, 15) is 13.2 Å². The fraction of sp³-hybridized carbons (Fsp3) is 0.625. The van der Waals surface area contributed by atoms with Gasteiger partial charge in [0.1, 0.15) is 0 Å². The number of hydrogen-bond acceptors (Lipinski definition) is 1. The normalized spacial score (nSPS) is 13.2. The average molecular weight is 322 g/mol. The smallest absolute Gasteiger partial charge is 0.381 e. The SMILES string of the molecule is CCCCCCCC(C)Nc1cc(C(F)(F)F)ccc1Cl. The van der Waals surface area contributed by atoms with Crippen LogP contribution in [0.3, 0.4) is 0 Å². The van der Waals surface area contributed by atoms with E-state index in [2.05, 4.69) is 12.2 Å². The number of benzene rings is 1. The molecule has 120 valence electrons. The van der Waals surface area contributed by atoms with Crippen LogP contribution in [0.25, 0.3) is 0 Å². The molecule has 21 heavy (non-hydrogen) atoms. The molecule has 1 rings (SSSR count). The van der Waals surface area contributed by atoms with Crippen LogP contribution < -0.4 is 5.32 Å². The van der Waals surface area contributed by atoms with Gasteiger partial charge in [0.15, 0.2) is 0 Å². The van der Waals surface area contributed by atoms with Crippen molar-refractivity contribution in [3.63, 3.8) is 0 Å². The number of rotatable bonds is 8. The Morgan fingerprint density at radius 1 is 1.14 bits per heavy atom. The third-order valence-electron chi connectivity index (χ3n) is 3.44. The third kappa shape index (κ3) is 6.60. The zero-order valence-electron chi connectivity index (χ0n) is 12.6. The molecule has 0 aliphatic rings. The van der Waals surface area contributed by atoms with Crippen molar-refractivity contribution in [2.24, 2.45) is 0 Å². The third-order valence-corrected chi connectivity index (χ3v) is 3.77. The molecule has 0 radical (unpaired) electrons. The maximum absolute atomic E-state index is 12.7. The molecule has 1 aromatic carbocycles. The lowest BCUT2D eigenvalue weighted by Gasteiger charge is -2.18. The highest BCUT2D eigenvalue weighted by atomic mass is 35.5. The van der Waals surface area contributed by atoms with Gasteiger partial charge in [0.25, 0.3) is 0 Å². The van der Waals surface area contributed by atoms with E-state index >= 15 is 0 Å². The fourth-order valence-electron chi connectivity index (χ4n) is 2.20. The minimum absolute atomic E-state index is 0.104. The van der Waals surface area contributed by atoms with Crippen LogP contribution in [0.15, 0.2) is 18.2 Å². The van der Waals surface area contributed by atoms with E-state index < -0.39 is 11.7 Å². The summed E-state index contributed by atoms with van der Waals surface area (Å²) in [6.45, 7) is 4.14. The van der Waals surface area contributed by atoms with Gasteiger partial charge in [-0.25, -0.2) is 0 Å². The van der Waals surface area contributed by atoms with Crippen LogP contribution in [0.1, 0.15) is 57.9 Å².